The molecule has 0 spiro atoms. The van der Waals surface area contributed by atoms with Crippen molar-refractivity contribution < 1.29 is 0 Å². The standard InChI is InChI=1S/C33H26.2C2H6/c1-21-4-7-26-17-28-9-6-24(15-32(28)19-30(26)12-21)14-23(3)25-10-11-29-18-27-8-5-22(2)13-31(27)20-33(29)16-25;2*1-2/h4-20H,1-3H3;2*1-2H3/b23-14-;;. The fraction of sp³-hybridized carbons (Fsp3) is 0.189. The Labute approximate surface area is 222 Å². The van der Waals surface area contributed by atoms with Gasteiger partial charge in [0.2, 0.25) is 0 Å². The Morgan fingerprint density at radius 3 is 1.38 bits per heavy atom. The Hall–Kier alpha value is -3.90. The van der Waals surface area contributed by atoms with E-state index < -0.39 is 0 Å². The van der Waals surface area contributed by atoms with E-state index >= 15 is 0 Å². The molecule has 0 saturated heterocycles. The van der Waals surface area contributed by atoms with Crippen molar-refractivity contribution in [3.63, 3.8) is 0 Å². The maximum Gasteiger partial charge on any atom is -0.0172 e. The van der Waals surface area contributed by atoms with Gasteiger partial charge < -0.3 is 0 Å². The first-order valence-corrected chi connectivity index (χ1v) is 13.6. The highest BCUT2D eigenvalue weighted by atomic mass is 14.1. The summed E-state index contributed by atoms with van der Waals surface area (Å²) in [5.74, 6) is 0. The molecule has 0 unspecified atom stereocenters. The van der Waals surface area contributed by atoms with E-state index in [4.69, 9.17) is 0 Å². The molecule has 0 nitrogen and oxygen atoms in total. The molecule has 37 heavy (non-hydrogen) atoms. The van der Waals surface area contributed by atoms with Crippen LogP contribution in [0.15, 0.2) is 97.1 Å². The number of fused-ring (bicyclic) bond motifs is 4. The van der Waals surface area contributed by atoms with Crippen LogP contribution in [-0.4, -0.2) is 0 Å². The molecule has 0 aliphatic heterocycles. The molecule has 0 bridgehead atoms. The zero-order valence-electron chi connectivity index (χ0n) is 23.3. The lowest BCUT2D eigenvalue weighted by Crippen LogP contribution is -1.84. The Bertz CT molecular complexity index is 1730. The van der Waals surface area contributed by atoms with E-state index in [1.54, 1.807) is 0 Å². The van der Waals surface area contributed by atoms with Gasteiger partial charge in [-0.15, -0.1) is 0 Å². The zero-order valence-corrected chi connectivity index (χ0v) is 23.3. The van der Waals surface area contributed by atoms with E-state index in [2.05, 4.69) is 124 Å². The topological polar surface area (TPSA) is 0 Å². The third-order valence-corrected chi connectivity index (χ3v) is 6.76. The fourth-order valence-corrected chi connectivity index (χ4v) is 4.92. The van der Waals surface area contributed by atoms with Crippen LogP contribution in [0.25, 0.3) is 54.7 Å². The lowest BCUT2D eigenvalue weighted by atomic mass is 9.96. The molecule has 0 heterocycles. The SMILES string of the molecule is C/C(=C/c1ccc2cc3ccc(C)cc3cc2c1)c1ccc2cc3ccc(C)cc3cc2c1.CC.CC. The minimum Gasteiger partial charge on any atom is -0.0683 e. The minimum atomic E-state index is 1.24. The van der Waals surface area contributed by atoms with Crippen LogP contribution in [0.4, 0.5) is 0 Å². The summed E-state index contributed by atoms with van der Waals surface area (Å²) in [5.41, 5.74) is 6.38. The molecule has 186 valence electrons. The normalized spacial score (nSPS) is 11.3. The maximum atomic E-state index is 2.32. The Morgan fingerprint density at radius 2 is 0.838 bits per heavy atom. The average molecular weight is 483 g/mol. The number of hydrogen-bond acceptors (Lipinski definition) is 0. The molecular formula is C37H38. The largest absolute Gasteiger partial charge is 0.0683 e. The first kappa shape index (κ1) is 26.2. The molecule has 0 amide bonds. The number of hydrogen-bond donors (Lipinski definition) is 0. The highest BCUT2D eigenvalue weighted by Crippen LogP contribution is 2.29. The quantitative estimate of drug-likeness (QED) is 0.170. The maximum absolute atomic E-state index is 2.32. The number of benzene rings is 6. The molecule has 6 aromatic carbocycles. The first-order chi connectivity index (χ1) is 18.0. The molecule has 0 saturated carbocycles. The van der Waals surface area contributed by atoms with E-state index in [0.29, 0.717) is 0 Å². The van der Waals surface area contributed by atoms with E-state index in [1.807, 2.05) is 27.7 Å². The van der Waals surface area contributed by atoms with Gasteiger partial charge in [0.15, 0.2) is 0 Å². The number of rotatable bonds is 2. The van der Waals surface area contributed by atoms with E-state index in [9.17, 15) is 0 Å². The van der Waals surface area contributed by atoms with Gasteiger partial charge in [-0.25, -0.2) is 0 Å². The van der Waals surface area contributed by atoms with E-state index in [1.165, 1.54) is 70.9 Å². The number of allylic oxidation sites excluding steroid dienone is 1. The van der Waals surface area contributed by atoms with Gasteiger partial charge >= 0.3 is 0 Å². The van der Waals surface area contributed by atoms with Crippen LogP contribution < -0.4 is 0 Å². The summed E-state index contributed by atoms with van der Waals surface area (Å²) < 4.78 is 0. The summed E-state index contributed by atoms with van der Waals surface area (Å²) in [5, 5.41) is 10.4. The van der Waals surface area contributed by atoms with Gasteiger partial charge in [0.25, 0.3) is 0 Å². The van der Waals surface area contributed by atoms with Crippen LogP contribution in [0.2, 0.25) is 0 Å². The monoisotopic (exact) mass is 482 g/mol. The van der Waals surface area contributed by atoms with Gasteiger partial charge in [0.05, 0.1) is 0 Å². The summed E-state index contributed by atoms with van der Waals surface area (Å²) in [7, 11) is 0. The van der Waals surface area contributed by atoms with Crippen LogP contribution in [0.1, 0.15) is 56.9 Å². The summed E-state index contributed by atoms with van der Waals surface area (Å²) in [6.07, 6.45) is 2.30. The highest BCUT2D eigenvalue weighted by molar-refractivity contribution is 6.01. The van der Waals surface area contributed by atoms with Crippen molar-refractivity contribution in [3.8, 4) is 0 Å². The van der Waals surface area contributed by atoms with Crippen molar-refractivity contribution in [1.29, 1.82) is 0 Å². The van der Waals surface area contributed by atoms with Crippen molar-refractivity contribution >= 4 is 54.7 Å². The van der Waals surface area contributed by atoms with E-state index in [-0.39, 0.29) is 0 Å². The van der Waals surface area contributed by atoms with Crippen LogP contribution >= 0.6 is 0 Å². The molecule has 6 rings (SSSR count). The zero-order chi connectivity index (χ0) is 26.5. The van der Waals surface area contributed by atoms with Gasteiger partial charge in [-0.1, -0.05) is 106 Å². The second kappa shape index (κ2) is 11.4. The van der Waals surface area contributed by atoms with Gasteiger partial charge in [0.1, 0.15) is 0 Å². The molecule has 6 aromatic rings. The highest BCUT2D eigenvalue weighted by Gasteiger charge is 2.04. The second-order valence-electron chi connectivity index (χ2n) is 9.40. The van der Waals surface area contributed by atoms with Crippen molar-refractivity contribution in [1.82, 2.24) is 0 Å². The van der Waals surface area contributed by atoms with Crippen molar-refractivity contribution in [2.24, 2.45) is 0 Å². The second-order valence-corrected chi connectivity index (χ2v) is 9.40. The summed E-state index contributed by atoms with van der Waals surface area (Å²) in [6.45, 7) is 14.5. The van der Waals surface area contributed by atoms with Crippen LogP contribution in [0.5, 0.6) is 0 Å². The fourth-order valence-electron chi connectivity index (χ4n) is 4.92. The molecule has 0 N–H and O–H groups in total. The lowest BCUT2D eigenvalue weighted by Gasteiger charge is -2.08. The van der Waals surface area contributed by atoms with Crippen molar-refractivity contribution in [2.75, 3.05) is 0 Å². The van der Waals surface area contributed by atoms with Gasteiger partial charge in [-0.05, 0) is 117 Å². The smallest absolute Gasteiger partial charge is 0.0172 e. The van der Waals surface area contributed by atoms with Crippen molar-refractivity contribution in [3.05, 3.63) is 119 Å². The number of aryl methyl sites for hydroxylation is 2. The summed E-state index contributed by atoms with van der Waals surface area (Å²) in [6, 6.07) is 36.1. The predicted molar refractivity (Wildman–Crippen MR) is 169 cm³/mol. The molecular weight excluding hydrogens is 444 g/mol. The molecule has 0 radical (unpaired) electrons. The Kier molecular flexibility index (Phi) is 8.09. The van der Waals surface area contributed by atoms with Crippen LogP contribution in [0, 0.1) is 13.8 Å². The first-order valence-electron chi connectivity index (χ1n) is 13.6. The Balaban J connectivity index is 0.000000765. The predicted octanol–water partition coefficient (Wildman–Crippen LogP) is 11.5. The van der Waals surface area contributed by atoms with Gasteiger partial charge in [0, 0.05) is 0 Å². The molecule has 0 aliphatic rings. The van der Waals surface area contributed by atoms with E-state index in [0.717, 1.165) is 0 Å². The molecule has 0 atom stereocenters. The third kappa shape index (κ3) is 5.59. The molecule has 0 aliphatic carbocycles. The lowest BCUT2D eigenvalue weighted by molar-refractivity contribution is 1.50. The third-order valence-electron chi connectivity index (χ3n) is 6.76. The minimum absolute atomic E-state index is 1.24. The molecule has 0 fully saturated rings. The van der Waals surface area contributed by atoms with Gasteiger partial charge in [-0.3, -0.25) is 0 Å². The van der Waals surface area contributed by atoms with Crippen LogP contribution in [0.3, 0.4) is 0 Å². The molecule has 0 heteroatoms. The molecule has 0 aromatic heterocycles. The van der Waals surface area contributed by atoms with Gasteiger partial charge in [-0.2, -0.15) is 0 Å². The van der Waals surface area contributed by atoms with Crippen molar-refractivity contribution in [2.45, 2.75) is 48.5 Å². The Morgan fingerprint density at radius 1 is 0.432 bits per heavy atom. The summed E-state index contributed by atoms with van der Waals surface area (Å²) in [4.78, 5) is 0. The summed E-state index contributed by atoms with van der Waals surface area (Å²) >= 11 is 0. The average Bonchev–Trinajstić information content (AvgIpc) is 2.92. The van der Waals surface area contributed by atoms with Crippen LogP contribution in [-0.2, 0) is 0 Å².